The van der Waals surface area contributed by atoms with Crippen LogP contribution in [0.1, 0.15) is 18.4 Å². The second-order valence-corrected chi connectivity index (χ2v) is 6.57. The number of aliphatic hydroxyl groups excluding tert-OH is 1. The lowest BCUT2D eigenvalue weighted by molar-refractivity contribution is 0.114. The molecule has 1 atom stereocenters. The van der Waals surface area contributed by atoms with E-state index in [2.05, 4.69) is 4.72 Å². The molecule has 0 spiro atoms. The van der Waals surface area contributed by atoms with E-state index in [9.17, 15) is 8.42 Å². The van der Waals surface area contributed by atoms with Crippen molar-refractivity contribution < 1.29 is 18.3 Å². The van der Waals surface area contributed by atoms with Crippen LogP contribution in [0, 0.1) is 0 Å². The largest absolute Gasteiger partial charge is 0.392 e. The van der Waals surface area contributed by atoms with Crippen LogP contribution in [0.3, 0.4) is 0 Å². The number of benzene rings is 1. The maximum atomic E-state index is 12.1. The number of rotatable bonds is 5. The zero-order chi connectivity index (χ0) is 13.9. The monoisotopic (exact) mass is 305 g/mol. The van der Waals surface area contributed by atoms with Gasteiger partial charge in [-0.2, -0.15) is 0 Å². The SMILES string of the molecule is O=S(=O)(NCC1CCCO1)c1ccc(CO)c(Cl)c1. The maximum Gasteiger partial charge on any atom is 0.240 e. The molecule has 0 aliphatic carbocycles. The predicted molar refractivity (Wildman–Crippen MR) is 71.5 cm³/mol. The Morgan fingerprint density at radius 2 is 2.26 bits per heavy atom. The Kier molecular flexibility index (Phi) is 4.81. The van der Waals surface area contributed by atoms with Gasteiger partial charge in [0, 0.05) is 18.2 Å². The van der Waals surface area contributed by atoms with Crippen LogP contribution in [0.15, 0.2) is 23.1 Å². The molecule has 19 heavy (non-hydrogen) atoms. The van der Waals surface area contributed by atoms with Gasteiger partial charge in [-0.25, -0.2) is 13.1 Å². The van der Waals surface area contributed by atoms with Crippen LogP contribution in [0.4, 0.5) is 0 Å². The number of sulfonamides is 1. The Hall–Kier alpha value is -0.660. The first-order valence-electron chi connectivity index (χ1n) is 6.03. The third kappa shape index (κ3) is 3.67. The molecule has 0 bridgehead atoms. The second-order valence-electron chi connectivity index (χ2n) is 4.40. The van der Waals surface area contributed by atoms with Gasteiger partial charge in [0.15, 0.2) is 0 Å². The molecule has 0 radical (unpaired) electrons. The molecule has 1 aromatic rings. The molecule has 1 aromatic carbocycles. The van der Waals surface area contributed by atoms with Gasteiger partial charge in [0.25, 0.3) is 0 Å². The van der Waals surface area contributed by atoms with Crippen LogP contribution in [-0.4, -0.2) is 32.8 Å². The summed E-state index contributed by atoms with van der Waals surface area (Å²) in [5.74, 6) is 0. The van der Waals surface area contributed by atoms with Gasteiger partial charge >= 0.3 is 0 Å². The van der Waals surface area contributed by atoms with Crippen molar-refractivity contribution in [2.45, 2.75) is 30.4 Å². The molecule has 7 heteroatoms. The Morgan fingerprint density at radius 3 is 2.84 bits per heavy atom. The highest BCUT2D eigenvalue weighted by Crippen LogP contribution is 2.21. The van der Waals surface area contributed by atoms with Crippen molar-refractivity contribution in [1.82, 2.24) is 4.72 Å². The second kappa shape index (κ2) is 6.19. The average Bonchev–Trinajstić information content (AvgIpc) is 2.89. The van der Waals surface area contributed by atoms with E-state index in [1.165, 1.54) is 18.2 Å². The highest BCUT2D eigenvalue weighted by Gasteiger charge is 2.20. The fourth-order valence-electron chi connectivity index (χ4n) is 1.91. The summed E-state index contributed by atoms with van der Waals surface area (Å²) in [5.41, 5.74) is 0.500. The zero-order valence-electron chi connectivity index (χ0n) is 10.3. The molecule has 1 saturated heterocycles. The molecule has 106 valence electrons. The molecule has 1 aliphatic rings. The van der Waals surface area contributed by atoms with Crippen molar-refractivity contribution in [2.75, 3.05) is 13.2 Å². The zero-order valence-corrected chi connectivity index (χ0v) is 11.9. The Labute approximate surface area is 117 Å². The van der Waals surface area contributed by atoms with Gasteiger partial charge in [0.1, 0.15) is 0 Å². The van der Waals surface area contributed by atoms with E-state index >= 15 is 0 Å². The standard InChI is InChI=1S/C12H16ClNO4S/c13-12-6-11(4-3-9(12)8-15)19(16,17)14-7-10-2-1-5-18-10/h3-4,6,10,14-15H,1-2,5,7-8H2. The van der Waals surface area contributed by atoms with Crippen LogP contribution >= 0.6 is 11.6 Å². The van der Waals surface area contributed by atoms with Crippen LogP contribution in [0.25, 0.3) is 0 Å². The molecule has 2 N–H and O–H groups in total. The summed E-state index contributed by atoms with van der Waals surface area (Å²) >= 11 is 5.89. The first-order valence-corrected chi connectivity index (χ1v) is 7.89. The molecule has 1 aliphatic heterocycles. The first-order chi connectivity index (χ1) is 9.03. The van der Waals surface area contributed by atoms with Crippen LogP contribution in [-0.2, 0) is 21.4 Å². The Morgan fingerprint density at radius 1 is 1.47 bits per heavy atom. The molecule has 0 saturated carbocycles. The van der Waals surface area contributed by atoms with Crippen molar-refractivity contribution in [3.05, 3.63) is 28.8 Å². The summed E-state index contributed by atoms with van der Waals surface area (Å²) in [7, 11) is -3.59. The summed E-state index contributed by atoms with van der Waals surface area (Å²) in [6.45, 7) is 0.730. The van der Waals surface area contributed by atoms with Gasteiger partial charge in [-0.3, -0.25) is 0 Å². The average molecular weight is 306 g/mol. The van der Waals surface area contributed by atoms with E-state index < -0.39 is 10.0 Å². The van der Waals surface area contributed by atoms with E-state index in [0.717, 1.165) is 12.8 Å². The molecule has 0 aromatic heterocycles. The molecule has 2 rings (SSSR count). The summed E-state index contributed by atoms with van der Waals surface area (Å²) in [6, 6.07) is 4.27. The minimum absolute atomic E-state index is 0.0537. The van der Waals surface area contributed by atoms with E-state index in [-0.39, 0.29) is 29.2 Å². The molecule has 1 heterocycles. The van der Waals surface area contributed by atoms with Gasteiger partial charge in [0.2, 0.25) is 10.0 Å². The van der Waals surface area contributed by atoms with E-state index in [1.807, 2.05) is 0 Å². The van der Waals surface area contributed by atoms with Crippen LogP contribution in [0.5, 0.6) is 0 Å². The van der Waals surface area contributed by atoms with Crippen molar-refractivity contribution in [1.29, 1.82) is 0 Å². The van der Waals surface area contributed by atoms with E-state index in [4.69, 9.17) is 21.4 Å². The normalized spacial score (nSPS) is 19.8. The number of aliphatic hydroxyl groups is 1. The van der Waals surface area contributed by atoms with E-state index in [1.54, 1.807) is 0 Å². The van der Waals surface area contributed by atoms with Crippen molar-refractivity contribution in [2.24, 2.45) is 0 Å². The fraction of sp³-hybridized carbons (Fsp3) is 0.500. The number of hydrogen-bond donors (Lipinski definition) is 2. The predicted octanol–water partition coefficient (Wildman–Crippen LogP) is 1.29. The summed E-state index contributed by atoms with van der Waals surface area (Å²) < 4.78 is 32.0. The number of nitrogens with one attached hydrogen (secondary N) is 1. The van der Waals surface area contributed by atoms with E-state index in [0.29, 0.717) is 12.2 Å². The van der Waals surface area contributed by atoms with Crippen LogP contribution in [0.2, 0.25) is 5.02 Å². The molecule has 1 fully saturated rings. The minimum atomic E-state index is -3.59. The Bertz CT molecular complexity index is 541. The molecular formula is C12H16ClNO4S. The van der Waals surface area contributed by atoms with Gasteiger partial charge in [0.05, 0.1) is 17.6 Å². The highest BCUT2D eigenvalue weighted by molar-refractivity contribution is 7.89. The lowest BCUT2D eigenvalue weighted by Crippen LogP contribution is -2.31. The number of halogens is 1. The summed E-state index contributed by atoms with van der Waals surface area (Å²) in [4.78, 5) is 0.0905. The van der Waals surface area contributed by atoms with Crippen molar-refractivity contribution >= 4 is 21.6 Å². The van der Waals surface area contributed by atoms with Gasteiger partial charge in [-0.05, 0) is 30.5 Å². The minimum Gasteiger partial charge on any atom is -0.392 e. The molecule has 5 nitrogen and oxygen atoms in total. The van der Waals surface area contributed by atoms with Crippen molar-refractivity contribution in [3.63, 3.8) is 0 Å². The molecule has 1 unspecified atom stereocenters. The number of ether oxygens (including phenoxy) is 1. The first kappa shape index (κ1) is 14.7. The third-order valence-corrected chi connectivity index (χ3v) is 4.80. The summed E-state index contributed by atoms with van der Waals surface area (Å²) in [5, 5.41) is 9.23. The molecular weight excluding hydrogens is 290 g/mol. The quantitative estimate of drug-likeness (QED) is 0.859. The maximum absolute atomic E-state index is 12.1. The third-order valence-electron chi connectivity index (χ3n) is 3.03. The smallest absolute Gasteiger partial charge is 0.240 e. The topological polar surface area (TPSA) is 75.6 Å². The van der Waals surface area contributed by atoms with Gasteiger partial charge < -0.3 is 9.84 Å². The lowest BCUT2D eigenvalue weighted by Gasteiger charge is -2.12. The van der Waals surface area contributed by atoms with Crippen LogP contribution < -0.4 is 4.72 Å². The Balaban J connectivity index is 2.08. The molecule has 0 amide bonds. The summed E-state index contributed by atoms with van der Waals surface area (Å²) in [6.07, 6.45) is 1.78. The highest BCUT2D eigenvalue weighted by atomic mass is 35.5. The van der Waals surface area contributed by atoms with Crippen molar-refractivity contribution in [3.8, 4) is 0 Å². The van der Waals surface area contributed by atoms with Gasteiger partial charge in [-0.15, -0.1) is 0 Å². The number of hydrogen-bond acceptors (Lipinski definition) is 4. The lowest BCUT2D eigenvalue weighted by atomic mass is 10.2. The fourth-order valence-corrected chi connectivity index (χ4v) is 3.31. The van der Waals surface area contributed by atoms with Gasteiger partial charge in [-0.1, -0.05) is 17.7 Å².